The fourth-order valence-electron chi connectivity index (χ4n) is 3.22. The average molecular weight is 439 g/mol. The highest BCUT2D eigenvalue weighted by atomic mass is 28.3. The van der Waals surface area contributed by atoms with Crippen LogP contribution >= 0.6 is 0 Å². The van der Waals surface area contributed by atoms with Crippen LogP contribution in [0.25, 0.3) is 27.8 Å². The van der Waals surface area contributed by atoms with Gasteiger partial charge in [-0.2, -0.15) is 0 Å². The second kappa shape index (κ2) is 8.12. The zero-order valence-electron chi connectivity index (χ0n) is 18.1. The molecule has 4 heterocycles. The van der Waals surface area contributed by atoms with Gasteiger partial charge in [0.05, 0.1) is 18.7 Å². The third-order valence-corrected chi connectivity index (χ3v) is 6.70. The molecule has 2 N–H and O–H groups in total. The van der Waals surface area contributed by atoms with E-state index in [1.54, 1.807) is 30.1 Å². The van der Waals surface area contributed by atoms with E-state index in [9.17, 15) is 4.79 Å². The van der Waals surface area contributed by atoms with E-state index >= 15 is 0 Å². The monoisotopic (exact) mass is 438 g/mol. The molecule has 4 rings (SSSR count). The molecule has 9 nitrogen and oxygen atoms in total. The van der Waals surface area contributed by atoms with Crippen molar-refractivity contribution in [2.45, 2.75) is 32.4 Å². The first-order chi connectivity index (χ1) is 14.7. The first-order valence-corrected chi connectivity index (χ1v) is 13.7. The molecule has 0 saturated carbocycles. The van der Waals surface area contributed by atoms with Crippen LogP contribution < -0.4 is 16.0 Å². The lowest BCUT2D eigenvalue weighted by atomic mass is 10.1. The van der Waals surface area contributed by atoms with Crippen LogP contribution in [0.2, 0.25) is 25.7 Å². The minimum atomic E-state index is -1.22. The summed E-state index contributed by atoms with van der Waals surface area (Å²) in [5.41, 5.74) is 7.06. The van der Waals surface area contributed by atoms with Crippen LogP contribution in [-0.4, -0.2) is 45.9 Å². The molecule has 0 aromatic carbocycles. The Bertz CT molecular complexity index is 1310. The zero-order valence-corrected chi connectivity index (χ0v) is 19.1. The van der Waals surface area contributed by atoms with Crippen LogP contribution in [0.1, 0.15) is 0 Å². The second-order valence-electron chi connectivity index (χ2n) is 8.63. The maximum Gasteiger partial charge on any atom is 0.261 e. The third kappa shape index (κ3) is 4.44. The Labute approximate surface area is 180 Å². The molecule has 0 aliphatic heterocycles. The highest BCUT2D eigenvalue weighted by molar-refractivity contribution is 6.76. The number of nitrogen functional groups attached to an aromatic ring is 1. The number of rotatable bonds is 7. The lowest BCUT2D eigenvalue weighted by Gasteiger charge is -2.16. The number of anilines is 1. The van der Waals surface area contributed by atoms with Crippen LogP contribution in [0.15, 0.2) is 41.6 Å². The topological polar surface area (TPSA) is 110 Å². The molecule has 0 radical (unpaired) electrons. The van der Waals surface area contributed by atoms with Gasteiger partial charge in [-0.25, -0.2) is 14.5 Å². The van der Waals surface area contributed by atoms with Crippen molar-refractivity contribution in [3.8, 4) is 17.1 Å². The lowest BCUT2D eigenvalue weighted by Crippen LogP contribution is -2.25. The number of methoxy groups -OCH3 is 1. The van der Waals surface area contributed by atoms with Gasteiger partial charge in [0.1, 0.15) is 18.3 Å². The van der Waals surface area contributed by atoms with Crippen LogP contribution in [0.3, 0.4) is 0 Å². The maximum absolute atomic E-state index is 13.0. The van der Waals surface area contributed by atoms with E-state index in [4.69, 9.17) is 15.2 Å². The Morgan fingerprint density at radius 2 is 1.97 bits per heavy atom. The van der Waals surface area contributed by atoms with E-state index in [2.05, 4.69) is 34.7 Å². The van der Waals surface area contributed by atoms with Gasteiger partial charge in [0.25, 0.3) is 5.56 Å². The summed E-state index contributed by atoms with van der Waals surface area (Å²) in [7, 11) is 0.379. The van der Waals surface area contributed by atoms with Gasteiger partial charge in [-0.1, -0.05) is 19.6 Å². The predicted molar refractivity (Wildman–Crippen MR) is 123 cm³/mol. The molecule has 0 fully saturated rings. The van der Waals surface area contributed by atoms with Crippen molar-refractivity contribution in [3.63, 3.8) is 0 Å². The molecule has 0 aliphatic carbocycles. The minimum Gasteiger partial charge on any atom is -0.495 e. The Morgan fingerprint density at radius 1 is 1.16 bits per heavy atom. The van der Waals surface area contributed by atoms with E-state index in [1.165, 1.54) is 10.8 Å². The fourth-order valence-corrected chi connectivity index (χ4v) is 3.97. The summed E-state index contributed by atoms with van der Waals surface area (Å²) < 4.78 is 14.3. The summed E-state index contributed by atoms with van der Waals surface area (Å²) in [6, 6.07) is 6.34. The van der Waals surface area contributed by atoms with Gasteiger partial charge in [0, 0.05) is 38.0 Å². The largest absolute Gasteiger partial charge is 0.495 e. The summed E-state index contributed by atoms with van der Waals surface area (Å²) in [6.45, 7) is 7.63. The summed E-state index contributed by atoms with van der Waals surface area (Å²) in [5, 5.41) is 5.68. The summed E-state index contributed by atoms with van der Waals surface area (Å²) >= 11 is 0. The lowest BCUT2D eigenvalue weighted by molar-refractivity contribution is 0.0852. The Hall–Kier alpha value is -3.24. The van der Waals surface area contributed by atoms with Crippen molar-refractivity contribution in [1.29, 1.82) is 0 Å². The smallest absolute Gasteiger partial charge is 0.261 e. The molecular formula is C21H26N6O3Si. The van der Waals surface area contributed by atoms with Crippen molar-refractivity contribution in [3.05, 3.63) is 47.1 Å². The van der Waals surface area contributed by atoms with Crippen molar-refractivity contribution in [1.82, 2.24) is 24.1 Å². The molecule has 0 bridgehead atoms. The number of hydrogen-bond donors (Lipinski definition) is 1. The molecule has 162 valence electrons. The van der Waals surface area contributed by atoms with Crippen molar-refractivity contribution < 1.29 is 9.47 Å². The quantitative estimate of drug-likeness (QED) is 0.349. The number of nitrogens with two attached hydrogens (primary N) is 1. The number of aromatic nitrogens is 5. The van der Waals surface area contributed by atoms with Crippen molar-refractivity contribution in [2.75, 3.05) is 19.5 Å². The van der Waals surface area contributed by atoms with Crippen LogP contribution in [0, 0.1) is 0 Å². The maximum atomic E-state index is 13.0. The third-order valence-electron chi connectivity index (χ3n) is 5.00. The number of pyridine rings is 3. The number of nitrogens with zero attached hydrogens (tertiary/aromatic N) is 5. The molecule has 4 aromatic heterocycles. The minimum absolute atomic E-state index is 0.151. The molecule has 0 unspecified atom stereocenters. The fraction of sp³-hybridized carbons (Fsp3) is 0.333. The van der Waals surface area contributed by atoms with Gasteiger partial charge < -0.3 is 15.2 Å². The van der Waals surface area contributed by atoms with E-state index in [0.717, 1.165) is 6.04 Å². The Kier molecular flexibility index (Phi) is 5.50. The highest BCUT2D eigenvalue weighted by Crippen LogP contribution is 2.26. The SMILES string of the molecule is COc1ccc2nc(-c3cn(COCC[Si](C)(C)C)c(=O)c4cnc(N)cc34)nn2c1. The van der Waals surface area contributed by atoms with E-state index in [1.807, 2.05) is 12.1 Å². The predicted octanol–water partition coefficient (Wildman–Crippen LogP) is 3.01. The first kappa shape index (κ1) is 21.0. The summed E-state index contributed by atoms with van der Waals surface area (Å²) in [4.78, 5) is 21.7. The van der Waals surface area contributed by atoms with Gasteiger partial charge in [-0.3, -0.25) is 9.36 Å². The second-order valence-corrected chi connectivity index (χ2v) is 14.2. The molecular weight excluding hydrogens is 412 g/mol. The van der Waals surface area contributed by atoms with E-state index in [0.29, 0.717) is 46.0 Å². The number of fused-ring (bicyclic) bond motifs is 2. The van der Waals surface area contributed by atoms with Gasteiger partial charge >= 0.3 is 0 Å². The number of ether oxygens (including phenoxy) is 2. The molecule has 0 saturated heterocycles. The molecule has 0 spiro atoms. The van der Waals surface area contributed by atoms with Crippen LogP contribution in [-0.2, 0) is 11.5 Å². The Morgan fingerprint density at radius 3 is 2.71 bits per heavy atom. The molecule has 0 atom stereocenters. The zero-order chi connectivity index (χ0) is 22.2. The van der Waals surface area contributed by atoms with Gasteiger partial charge in [-0.05, 0) is 24.2 Å². The summed E-state index contributed by atoms with van der Waals surface area (Å²) in [6.07, 6.45) is 4.97. The molecule has 4 aromatic rings. The van der Waals surface area contributed by atoms with Crippen LogP contribution in [0.4, 0.5) is 5.82 Å². The van der Waals surface area contributed by atoms with E-state index < -0.39 is 8.07 Å². The van der Waals surface area contributed by atoms with Gasteiger partial charge in [0.2, 0.25) is 0 Å². The number of hydrogen-bond acceptors (Lipinski definition) is 7. The van der Waals surface area contributed by atoms with E-state index in [-0.39, 0.29) is 12.3 Å². The standard InChI is InChI=1S/C21H26N6O3Si/c1-29-14-5-6-19-24-20(25-27(19)11-14)17-12-26(13-30-7-8-31(2,3)4)21(28)16-10-23-18(22)9-15(16)17/h5-6,9-12H,7-8,13H2,1-4H3,(H2,22,23). The molecule has 0 aliphatic rings. The van der Waals surface area contributed by atoms with Gasteiger partial charge in [0.15, 0.2) is 11.5 Å². The van der Waals surface area contributed by atoms with Gasteiger partial charge in [-0.15, -0.1) is 5.10 Å². The molecule has 10 heteroatoms. The Balaban J connectivity index is 1.79. The highest BCUT2D eigenvalue weighted by Gasteiger charge is 2.17. The van der Waals surface area contributed by atoms with Crippen LogP contribution in [0.5, 0.6) is 5.75 Å². The first-order valence-electron chi connectivity index (χ1n) is 10.0. The molecule has 0 amide bonds. The summed E-state index contributed by atoms with van der Waals surface area (Å²) in [5.74, 6) is 1.46. The molecule has 31 heavy (non-hydrogen) atoms. The van der Waals surface area contributed by atoms with Crippen molar-refractivity contribution in [2.24, 2.45) is 0 Å². The normalized spacial score (nSPS) is 12.0. The van der Waals surface area contributed by atoms with Crippen molar-refractivity contribution >= 4 is 30.3 Å². The average Bonchev–Trinajstić information content (AvgIpc) is 3.14.